The van der Waals surface area contributed by atoms with E-state index >= 15 is 0 Å². The zero-order valence-corrected chi connectivity index (χ0v) is 29.6. The van der Waals surface area contributed by atoms with Crippen LogP contribution >= 0.6 is 0 Å². The van der Waals surface area contributed by atoms with Crippen molar-refractivity contribution in [3.63, 3.8) is 0 Å². The third kappa shape index (κ3) is 4.15. The van der Waals surface area contributed by atoms with E-state index in [-0.39, 0.29) is 5.41 Å². The minimum absolute atomic E-state index is 0.102. The second-order valence-corrected chi connectivity index (χ2v) is 16.1. The van der Waals surface area contributed by atoms with E-state index in [0.29, 0.717) is 5.92 Å². The molecule has 1 spiro atoms. The highest BCUT2D eigenvalue weighted by Gasteiger charge is 2.66. The number of furan rings is 1. The lowest BCUT2D eigenvalue weighted by Crippen LogP contribution is -2.40. The number of nitrogens with zero attached hydrogens (tertiary/aromatic N) is 1. The number of para-hydroxylation sites is 1. The number of hydrogen-bond acceptors (Lipinski definition) is 2. The average molecular weight is 682 g/mol. The third-order valence-corrected chi connectivity index (χ3v) is 13.6. The predicted octanol–water partition coefficient (Wildman–Crippen LogP) is 13.7. The number of rotatable bonds is 5. The molecule has 0 radical (unpaired) electrons. The molecule has 4 fully saturated rings. The van der Waals surface area contributed by atoms with Gasteiger partial charge in [0.2, 0.25) is 0 Å². The maximum atomic E-state index is 6.47. The monoisotopic (exact) mass is 681 g/mol. The lowest BCUT2D eigenvalue weighted by atomic mass is 9.59. The van der Waals surface area contributed by atoms with Gasteiger partial charge in [0.1, 0.15) is 11.2 Å². The smallest absolute Gasteiger partial charge is 0.137 e. The second kappa shape index (κ2) is 11.1. The summed E-state index contributed by atoms with van der Waals surface area (Å²) in [5.41, 5.74) is 16.4. The van der Waals surface area contributed by atoms with Gasteiger partial charge in [-0.05, 0) is 142 Å². The van der Waals surface area contributed by atoms with E-state index in [2.05, 4.69) is 169 Å². The van der Waals surface area contributed by atoms with Crippen molar-refractivity contribution in [3.8, 4) is 33.4 Å². The highest BCUT2D eigenvalue weighted by Crippen LogP contribution is 2.73. The maximum Gasteiger partial charge on any atom is 0.137 e. The molecule has 0 N–H and O–H groups in total. The molecule has 0 aliphatic heterocycles. The summed E-state index contributed by atoms with van der Waals surface area (Å²) in [4.78, 5) is 2.48. The molecule has 254 valence electrons. The first-order valence-corrected chi connectivity index (χ1v) is 19.4. The maximum absolute atomic E-state index is 6.47. The van der Waals surface area contributed by atoms with Gasteiger partial charge in [-0.2, -0.15) is 0 Å². The summed E-state index contributed by atoms with van der Waals surface area (Å²) >= 11 is 0. The fourth-order valence-corrected chi connectivity index (χ4v) is 11.8. The Bertz CT molecular complexity index is 2720. The van der Waals surface area contributed by atoms with Crippen LogP contribution in [0.2, 0.25) is 0 Å². The van der Waals surface area contributed by atoms with E-state index in [9.17, 15) is 0 Å². The van der Waals surface area contributed by atoms with Crippen LogP contribution in [0, 0.1) is 23.7 Å². The zero-order valence-electron chi connectivity index (χ0n) is 29.6. The first-order chi connectivity index (χ1) is 26.2. The minimum Gasteiger partial charge on any atom is -0.456 e. The molecule has 5 unspecified atom stereocenters. The molecule has 0 amide bonds. The van der Waals surface area contributed by atoms with Gasteiger partial charge in [0, 0.05) is 22.2 Å². The van der Waals surface area contributed by atoms with Crippen LogP contribution in [0.4, 0.5) is 17.1 Å². The molecule has 53 heavy (non-hydrogen) atoms. The summed E-state index contributed by atoms with van der Waals surface area (Å²) in [6, 6.07) is 60.7. The lowest BCUT2D eigenvalue weighted by molar-refractivity contribution is 0.191. The van der Waals surface area contributed by atoms with Crippen molar-refractivity contribution in [2.75, 3.05) is 4.90 Å². The van der Waals surface area contributed by atoms with Crippen LogP contribution in [0.1, 0.15) is 36.8 Å². The number of hydrogen-bond donors (Lipinski definition) is 0. The van der Waals surface area contributed by atoms with Crippen LogP contribution in [0.25, 0.3) is 55.3 Å². The molecule has 1 heterocycles. The summed E-state index contributed by atoms with van der Waals surface area (Å²) < 4.78 is 6.47. The van der Waals surface area contributed by atoms with E-state index in [0.717, 1.165) is 51.1 Å². The van der Waals surface area contributed by atoms with Gasteiger partial charge in [0.15, 0.2) is 0 Å². The summed E-state index contributed by atoms with van der Waals surface area (Å²) in [6.07, 6.45) is 5.56. The molecule has 7 aromatic carbocycles. The van der Waals surface area contributed by atoms with Crippen LogP contribution in [0.5, 0.6) is 0 Å². The Balaban J connectivity index is 1.10. The van der Waals surface area contributed by atoms with Crippen molar-refractivity contribution in [1.29, 1.82) is 0 Å². The van der Waals surface area contributed by atoms with Gasteiger partial charge in [0.25, 0.3) is 0 Å². The Hall–Kier alpha value is -5.86. The molecule has 4 saturated carbocycles. The Morgan fingerprint density at radius 2 is 1.21 bits per heavy atom. The standard InChI is InChI=1S/C51H39NO/c1-3-11-33(12-4-1)35-15-9-16-39(29-35)52(47-18-10-20-49-50(47)42-17-7-8-19-48(42)53-49)40-22-24-44-43(31-40)41-23-21-36(34-13-5-2-6-14-34)30-46(41)51(44)38-26-32-25-37(28-38)45(51)27-32/h1-24,29-32,37-38,45H,25-28H2. The van der Waals surface area contributed by atoms with Gasteiger partial charge in [-0.25, -0.2) is 0 Å². The summed E-state index contributed by atoms with van der Waals surface area (Å²) in [5.74, 6) is 3.21. The molecule has 5 aliphatic carbocycles. The van der Waals surface area contributed by atoms with Crippen molar-refractivity contribution >= 4 is 39.0 Å². The fourth-order valence-electron chi connectivity index (χ4n) is 11.8. The molecule has 8 aromatic rings. The van der Waals surface area contributed by atoms with Crippen molar-refractivity contribution in [1.82, 2.24) is 0 Å². The Labute approximate surface area is 310 Å². The molecular formula is C51H39NO. The van der Waals surface area contributed by atoms with E-state index < -0.39 is 0 Å². The molecule has 5 atom stereocenters. The highest BCUT2D eigenvalue weighted by atomic mass is 16.3. The molecule has 1 aromatic heterocycles. The van der Waals surface area contributed by atoms with Gasteiger partial charge in [0.05, 0.1) is 11.1 Å². The van der Waals surface area contributed by atoms with Crippen LogP contribution in [0.3, 0.4) is 0 Å². The molecule has 4 bridgehead atoms. The Morgan fingerprint density at radius 3 is 2.04 bits per heavy atom. The van der Waals surface area contributed by atoms with Crippen molar-refractivity contribution in [3.05, 3.63) is 175 Å². The van der Waals surface area contributed by atoms with Gasteiger partial charge in [-0.15, -0.1) is 0 Å². The normalized spacial score (nSPS) is 23.2. The molecule has 2 nitrogen and oxygen atoms in total. The van der Waals surface area contributed by atoms with E-state index in [1.165, 1.54) is 64.8 Å². The quantitative estimate of drug-likeness (QED) is 0.180. The molecule has 0 saturated heterocycles. The number of benzene rings is 7. The van der Waals surface area contributed by atoms with Crippen molar-refractivity contribution in [2.24, 2.45) is 23.7 Å². The minimum atomic E-state index is 0.102. The first-order valence-electron chi connectivity index (χ1n) is 19.4. The van der Waals surface area contributed by atoms with Crippen LogP contribution in [0.15, 0.2) is 168 Å². The number of anilines is 3. The zero-order chi connectivity index (χ0) is 34.7. The van der Waals surface area contributed by atoms with E-state index in [1.807, 2.05) is 0 Å². The highest BCUT2D eigenvalue weighted by molar-refractivity contribution is 6.13. The molecule has 13 rings (SSSR count). The van der Waals surface area contributed by atoms with Crippen LogP contribution < -0.4 is 4.90 Å². The first kappa shape index (κ1) is 29.7. The summed E-state index contributed by atoms with van der Waals surface area (Å²) in [5, 5.41) is 2.28. The van der Waals surface area contributed by atoms with Crippen molar-refractivity contribution < 1.29 is 4.42 Å². The third-order valence-electron chi connectivity index (χ3n) is 13.6. The Kier molecular flexibility index (Phi) is 6.20. The predicted molar refractivity (Wildman–Crippen MR) is 218 cm³/mol. The average Bonchev–Trinajstić information content (AvgIpc) is 3.90. The van der Waals surface area contributed by atoms with E-state index in [4.69, 9.17) is 4.42 Å². The van der Waals surface area contributed by atoms with Crippen LogP contribution in [-0.4, -0.2) is 0 Å². The summed E-state index contributed by atoms with van der Waals surface area (Å²) in [7, 11) is 0. The molecule has 5 aliphatic rings. The number of fused-ring (bicyclic) bond motifs is 6. The molecule has 2 heteroatoms. The van der Waals surface area contributed by atoms with Gasteiger partial charge in [-0.3, -0.25) is 0 Å². The van der Waals surface area contributed by atoms with Gasteiger partial charge in [-0.1, -0.05) is 115 Å². The second-order valence-electron chi connectivity index (χ2n) is 16.1. The van der Waals surface area contributed by atoms with Crippen LogP contribution in [-0.2, 0) is 5.41 Å². The molecular weight excluding hydrogens is 643 g/mol. The fraction of sp³-hybridized carbons (Fsp3) is 0.176. The van der Waals surface area contributed by atoms with Gasteiger partial charge >= 0.3 is 0 Å². The van der Waals surface area contributed by atoms with Gasteiger partial charge < -0.3 is 9.32 Å². The topological polar surface area (TPSA) is 16.4 Å². The SMILES string of the molecule is c1ccc(-c2cccc(N(c3ccc4c(c3)-c3ccc(-c5ccccc5)cc3C43C4CC5CC(C4)C3C5)c3cccc4oc5ccccc5c34)c2)cc1. The Morgan fingerprint density at radius 1 is 0.491 bits per heavy atom. The van der Waals surface area contributed by atoms with E-state index in [1.54, 1.807) is 11.1 Å². The van der Waals surface area contributed by atoms with Crippen molar-refractivity contribution in [2.45, 2.75) is 31.1 Å². The summed E-state index contributed by atoms with van der Waals surface area (Å²) in [6.45, 7) is 0. The lowest BCUT2D eigenvalue weighted by Gasteiger charge is -2.44. The largest absolute Gasteiger partial charge is 0.456 e.